The van der Waals surface area contributed by atoms with Gasteiger partial charge >= 0.3 is 0 Å². The van der Waals surface area contributed by atoms with E-state index in [0.717, 1.165) is 0 Å². The van der Waals surface area contributed by atoms with E-state index in [9.17, 15) is 0 Å². The lowest BCUT2D eigenvalue weighted by atomic mass is 10.3. The van der Waals surface area contributed by atoms with Crippen LogP contribution in [0, 0.1) is 0 Å². The molecule has 0 spiro atoms. The molecule has 1 heterocycles. The molecule has 66 valence electrons. The first-order valence-corrected chi connectivity index (χ1v) is 7.58. The number of nitrogens with zero attached hydrogens (tertiary/aromatic N) is 1. The van der Waals surface area contributed by atoms with E-state index in [1.807, 2.05) is 0 Å². The third-order valence-electron chi connectivity index (χ3n) is 2.13. The Hall–Kier alpha value is 0.487. The highest BCUT2D eigenvalue weighted by Crippen LogP contribution is 2.31. The molecule has 1 aliphatic rings. The maximum Gasteiger partial charge on any atom is 0.190 e. The van der Waals surface area contributed by atoms with Crippen molar-refractivity contribution in [3.8, 4) is 0 Å². The topological polar surface area (TPSA) is 12.5 Å². The first-order chi connectivity index (χ1) is 4.92. The molecule has 4 heteroatoms. The second-order valence-electron chi connectivity index (χ2n) is 4.00. The Labute approximate surface area is 75.5 Å². The van der Waals surface area contributed by atoms with Crippen molar-refractivity contribution in [2.24, 2.45) is 0 Å². The summed E-state index contributed by atoms with van der Waals surface area (Å²) in [5.41, 5.74) is 0.131. The van der Waals surface area contributed by atoms with Crippen LogP contribution >= 0.6 is 12.6 Å². The molecule has 0 amide bonds. The maximum absolute atomic E-state index is 5.78. The van der Waals surface area contributed by atoms with Crippen LogP contribution in [0.5, 0.6) is 0 Å². The predicted octanol–water partition coefficient (Wildman–Crippen LogP) is 1.41. The van der Waals surface area contributed by atoms with Gasteiger partial charge in [0.25, 0.3) is 0 Å². The standard InChI is InChI=1S/C7H17NOSSi/c1-8(2)6-5-11(3,4)9-7(6)10/h6-7,10H,5H2,1-4H3. The Kier molecular flexibility index (Phi) is 2.69. The van der Waals surface area contributed by atoms with Crippen molar-refractivity contribution in [1.82, 2.24) is 4.90 Å². The van der Waals surface area contributed by atoms with Crippen LogP contribution in [-0.4, -0.2) is 38.8 Å². The summed E-state index contributed by atoms with van der Waals surface area (Å²) in [5, 5.41) is 0. The van der Waals surface area contributed by atoms with Crippen molar-refractivity contribution in [3.05, 3.63) is 0 Å². The molecule has 2 unspecified atom stereocenters. The van der Waals surface area contributed by atoms with Gasteiger partial charge in [0.1, 0.15) is 5.44 Å². The van der Waals surface area contributed by atoms with E-state index in [0.29, 0.717) is 6.04 Å². The fourth-order valence-electron chi connectivity index (χ4n) is 1.50. The summed E-state index contributed by atoms with van der Waals surface area (Å²) in [6, 6.07) is 1.72. The van der Waals surface area contributed by atoms with Gasteiger partial charge in [-0.2, -0.15) is 0 Å². The van der Waals surface area contributed by atoms with Gasteiger partial charge in [0.15, 0.2) is 8.32 Å². The Bertz CT molecular complexity index is 151. The number of hydrogen-bond acceptors (Lipinski definition) is 3. The molecule has 0 bridgehead atoms. The van der Waals surface area contributed by atoms with Crippen molar-refractivity contribution in [2.75, 3.05) is 14.1 Å². The number of likely N-dealkylation sites (N-methyl/N-ethyl adjacent to an activating group) is 1. The average molecular weight is 191 g/mol. The van der Waals surface area contributed by atoms with Crippen LogP contribution in [0.15, 0.2) is 0 Å². The Morgan fingerprint density at radius 2 is 2.00 bits per heavy atom. The van der Waals surface area contributed by atoms with Crippen LogP contribution in [0.4, 0.5) is 0 Å². The van der Waals surface area contributed by atoms with Crippen molar-refractivity contribution >= 4 is 20.9 Å². The lowest BCUT2D eigenvalue weighted by molar-refractivity contribution is 0.211. The highest BCUT2D eigenvalue weighted by molar-refractivity contribution is 7.80. The van der Waals surface area contributed by atoms with E-state index in [-0.39, 0.29) is 5.44 Å². The molecule has 2 nitrogen and oxygen atoms in total. The van der Waals surface area contributed by atoms with Gasteiger partial charge in [0.2, 0.25) is 0 Å². The molecule has 0 aliphatic carbocycles. The van der Waals surface area contributed by atoms with Gasteiger partial charge in [-0.3, -0.25) is 0 Å². The summed E-state index contributed by atoms with van der Waals surface area (Å²) in [7, 11) is 2.83. The van der Waals surface area contributed by atoms with Crippen LogP contribution < -0.4 is 0 Å². The van der Waals surface area contributed by atoms with Gasteiger partial charge in [-0.05, 0) is 33.2 Å². The average Bonchev–Trinajstić information content (AvgIpc) is 2.05. The van der Waals surface area contributed by atoms with Crippen LogP contribution in [-0.2, 0) is 4.43 Å². The fourth-order valence-corrected chi connectivity index (χ4v) is 5.42. The molecule has 0 aromatic heterocycles. The van der Waals surface area contributed by atoms with Gasteiger partial charge in [0.05, 0.1) is 0 Å². The molecule has 1 saturated heterocycles. The SMILES string of the molecule is CN(C)C1C[Si](C)(C)OC1S. The number of thiol groups is 1. The molecule has 0 aromatic rings. The molecular formula is C7H17NOSSi. The molecule has 1 rings (SSSR count). The zero-order valence-electron chi connectivity index (χ0n) is 7.66. The minimum Gasteiger partial charge on any atom is -0.404 e. The number of hydrogen-bond donors (Lipinski definition) is 1. The number of rotatable bonds is 1. The summed E-state index contributed by atoms with van der Waals surface area (Å²) in [6.45, 7) is 4.50. The zero-order chi connectivity index (χ0) is 8.65. The lowest BCUT2D eigenvalue weighted by Crippen LogP contribution is -2.32. The molecule has 0 saturated carbocycles. The normalized spacial score (nSPS) is 36.5. The summed E-state index contributed by atoms with van der Waals surface area (Å²) in [4.78, 5) is 2.21. The largest absolute Gasteiger partial charge is 0.404 e. The second kappa shape index (κ2) is 3.09. The first-order valence-electron chi connectivity index (χ1n) is 3.95. The third kappa shape index (κ3) is 2.21. The monoisotopic (exact) mass is 191 g/mol. The summed E-state index contributed by atoms with van der Waals surface area (Å²) in [5.74, 6) is 0. The van der Waals surface area contributed by atoms with E-state index in [1.165, 1.54) is 6.04 Å². The van der Waals surface area contributed by atoms with Crippen molar-refractivity contribution in [2.45, 2.75) is 30.6 Å². The van der Waals surface area contributed by atoms with Crippen molar-refractivity contribution in [1.29, 1.82) is 0 Å². The zero-order valence-corrected chi connectivity index (χ0v) is 9.56. The highest BCUT2D eigenvalue weighted by atomic mass is 32.1. The lowest BCUT2D eigenvalue weighted by Gasteiger charge is -2.21. The third-order valence-corrected chi connectivity index (χ3v) is 5.07. The minimum absolute atomic E-state index is 0.131. The highest BCUT2D eigenvalue weighted by Gasteiger charge is 2.41. The predicted molar refractivity (Wildman–Crippen MR) is 53.6 cm³/mol. The smallest absolute Gasteiger partial charge is 0.190 e. The molecule has 0 aromatic carbocycles. The molecule has 2 atom stereocenters. The van der Waals surface area contributed by atoms with Crippen molar-refractivity contribution < 1.29 is 4.43 Å². The molecular weight excluding hydrogens is 174 g/mol. The fraction of sp³-hybridized carbons (Fsp3) is 1.00. The van der Waals surface area contributed by atoms with E-state index in [4.69, 9.17) is 4.43 Å². The van der Waals surface area contributed by atoms with Gasteiger partial charge < -0.3 is 9.33 Å². The summed E-state index contributed by atoms with van der Waals surface area (Å²) < 4.78 is 5.78. The molecule has 1 aliphatic heterocycles. The van der Waals surface area contributed by atoms with Gasteiger partial charge in [-0.25, -0.2) is 0 Å². The quantitative estimate of drug-likeness (QED) is 0.497. The van der Waals surface area contributed by atoms with Crippen LogP contribution in [0.3, 0.4) is 0 Å². The van der Waals surface area contributed by atoms with Crippen LogP contribution in [0.1, 0.15) is 0 Å². The van der Waals surface area contributed by atoms with E-state index in [1.54, 1.807) is 0 Å². The van der Waals surface area contributed by atoms with E-state index in [2.05, 4.69) is 44.7 Å². The maximum atomic E-state index is 5.78. The first kappa shape index (κ1) is 9.57. The van der Waals surface area contributed by atoms with E-state index >= 15 is 0 Å². The van der Waals surface area contributed by atoms with Crippen LogP contribution in [0.25, 0.3) is 0 Å². The molecule has 0 N–H and O–H groups in total. The molecule has 1 fully saturated rings. The van der Waals surface area contributed by atoms with Crippen LogP contribution in [0.2, 0.25) is 19.1 Å². The Morgan fingerprint density at radius 3 is 2.18 bits per heavy atom. The van der Waals surface area contributed by atoms with E-state index < -0.39 is 8.32 Å². The second-order valence-corrected chi connectivity index (χ2v) is 8.68. The minimum atomic E-state index is -1.35. The summed E-state index contributed by atoms with van der Waals surface area (Å²) >= 11 is 4.41. The Balaban J connectivity index is 2.59. The molecule has 0 radical (unpaired) electrons. The van der Waals surface area contributed by atoms with Gasteiger partial charge in [-0.15, -0.1) is 12.6 Å². The van der Waals surface area contributed by atoms with Gasteiger partial charge in [0, 0.05) is 6.04 Å². The summed E-state index contributed by atoms with van der Waals surface area (Å²) in [6.07, 6.45) is 0. The van der Waals surface area contributed by atoms with Crippen molar-refractivity contribution in [3.63, 3.8) is 0 Å². The molecule has 11 heavy (non-hydrogen) atoms. The van der Waals surface area contributed by atoms with Gasteiger partial charge in [-0.1, -0.05) is 0 Å². The Morgan fingerprint density at radius 1 is 1.45 bits per heavy atom.